The van der Waals surface area contributed by atoms with Gasteiger partial charge in [0, 0.05) is 18.5 Å². The van der Waals surface area contributed by atoms with Crippen LogP contribution in [0.15, 0.2) is 18.2 Å². The molecule has 2 aliphatic heterocycles. The number of hydrogen-bond acceptors (Lipinski definition) is 6. The molecule has 1 saturated heterocycles. The first-order valence-corrected chi connectivity index (χ1v) is 9.29. The summed E-state index contributed by atoms with van der Waals surface area (Å²) in [7, 11) is -5.32. The maximum Gasteiger partial charge on any atom is 0.223 e. The molecule has 25 heavy (non-hydrogen) atoms. The van der Waals surface area contributed by atoms with Crippen molar-refractivity contribution in [3.05, 3.63) is 35.2 Å². The smallest absolute Gasteiger partial charge is 0.223 e. The average molecular weight is 364 g/mol. The highest BCUT2D eigenvalue weighted by Crippen LogP contribution is 2.49. The third-order valence-corrected chi connectivity index (χ3v) is 4.96. The first-order valence-electron chi connectivity index (χ1n) is 7.83. The van der Waals surface area contributed by atoms with Crippen LogP contribution in [0.3, 0.4) is 0 Å². The SMILES string of the molecule is [C-]#[N+]c1ccc2c(c1)C(N1CCCC1=O)[C@@H](OP(=O)([O-])[O-])C(C)(C)O2. The van der Waals surface area contributed by atoms with Gasteiger partial charge in [0.05, 0.1) is 20.4 Å². The third-order valence-electron chi connectivity index (χ3n) is 4.47. The van der Waals surface area contributed by atoms with E-state index in [-0.39, 0.29) is 5.91 Å². The number of nitrogens with zero attached hydrogens (tertiary/aromatic N) is 2. The van der Waals surface area contributed by atoms with Crippen molar-refractivity contribution in [2.75, 3.05) is 6.54 Å². The van der Waals surface area contributed by atoms with E-state index < -0.39 is 25.6 Å². The van der Waals surface area contributed by atoms with Crippen LogP contribution in [0.25, 0.3) is 4.85 Å². The number of benzene rings is 1. The number of phosphoric ester groups is 1. The summed E-state index contributed by atoms with van der Waals surface area (Å²) in [6, 6.07) is 3.93. The normalized spacial score (nSPS) is 25.2. The first-order chi connectivity index (χ1) is 11.6. The number of ether oxygens (including phenoxy) is 1. The van der Waals surface area contributed by atoms with E-state index in [2.05, 4.69) is 4.85 Å². The van der Waals surface area contributed by atoms with Gasteiger partial charge in [0.1, 0.15) is 17.5 Å². The van der Waals surface area contributed by atoms with Crippen molar-refractivity contribution in [2.24, 2.45) is 0 Å². The molecule has 9 heteroatoms. The minimum absolute atomic E-state index is 0.151. The highest BCUT2D eigenvalue weighted by Gasteiger charge is 2.49. The summed E-state index contributed by atoms with van der Waals surface area (Å²) < 4.78 is 22.0. The Morgan fingerprint density at radius 1 is 1.44 bits per heavy atom. The summed E-state index contributed by atoms with van der Waals surface area (Å²) in [6.07, 6.45) is -0.230. The van der Waals surface area contributed by atoms with E-state index in [9.17, 15) is 19.1 Å². The van der Waals surface area contributed by atoms with E-state index >= 15 is 0 Å². The molecule has 134 valence electrons. The van der Waals surface area contributed by atoms with Crippen molar-refractivity contribution < 1.29 is 28.4 Å². The summed E-state index contributed by atoms with van der Waals surface area (Å²) in [5.41, 5.74) is -0.364. The van der Waals surface area contributed by atoms with E-state index in [1.54, 1.807) is 32.0 Å². The minimum Gasteiger partial charge on any atom is -0.790 e. The van der Waals surface area contributed by atoms with E-state index in [0.717, 1.165) is 0 Å². The number of phosphoric acid groups is 1. The van der Waals surface area contributed by atoms with Crippen molar-refractivity contribution >= 4 is 19.4 Å². The molecular weight excluding hydrogens is 347 g/mol. The van der Waals surface area contributed by atoms with Gasteiger partial charge in [0.2, 0.25) is 5.91 Å². The monoisotopic (exact) mass is 364 g/mol. The molecule has 1 amide bonds. The summed E-state index contributed by atoms with van der Waals surface area (Å²) in [6.45, 7) is 10.8. The van der Waals surface area contributed by atoms with Gasteiger partial charge in [-0.3, -0.25) is 4.79 Å². The van der Waals surface area contributed by atoms with Gasteiger partial charge in [-0.05, 0) is 32.4 Å². The Balaban J connectivity index is 2.16. The number of rotatable bonds is 3. The van der Waals surface area contributed by atoms with Gasteiger partial charge in [-0.1, -0.05) is 6.07 Å². The van der Waals surface area contributed by atoms with Gasteiger partial charge in [0.25, 0.3) is 0 Å². The Kier molecular flexibility index (Phi) is 4.38. The molecule has 0 aliphatic carbocycles. The van der Waals surface area contributed by atoms with Gasteiger partial charge >= 0.3 is 0 Å². The predicted octanol–water partition coefficient (Wildman–Crippen LogP) is 1.29. The molecule has 1 aromatic carbocycles. The van der Waals surface area contributed by atoms with Crippen LogP contribution in [0.2, 0.25) is 0 Å². The minimum atomic E-state index is -5.32. The predicted molar refractivity (Wildman–Crippen MR) is 83.6 cm³/mol. The van der Waals surface area contributed by atoms with E-state index in [4.69, 9.17) is 15.8 Å². The maximum atomic E-state index is 12.3. The number of hydrogen-bond donors (Lipinski definition) is 0. The van der Waals surface area contributed by atoms with Crippen molar-refractivity contribution in [3.63, 3.8) is 0 Å². The zero-order valence-corrected chi connectivity index (χ0v) is 14.7. The molecule has 1 unspecified atom stereocenters. The lowest BCUT2D eigenvalue weighted by molar-refractivity contribution is -0.349. The lowest BCUT2D eigenvalue weighted by Gasteiger charge is -2.50. The highest BCUT2D eigenvalue weighted by molar-refractivity contribution is 7.43. The van der Waals surface area contributed by atoms with E-state index in [1.165, 1.54) is 4.90 Å². The first kappa shape index (κ1) is 17.9. The Morgan fingerprint density at radius 2 is 2.16 bits per heavy atom. The lowest BCUT2D eigenvalue weighted by Crippen LogP contribution is -2.55. The van der Waals surface area contributed by atoms with E-state index in [0.29, 0.717) is 36.4 Å². The Morgan fingerprint density at radius 3 is 2.72 bits per heavy atom. The van der Waals surface area contributed by atoms with Gasteiger partial charge in [-0.2, -0.15) is 0 Å². The second-order valence-corrected chi connectivity index (χ2v) is 7.75. The van der Waals surface area contributed by atoms with Gasteiger partial charge in [-0.25, -0.2) is 4.85 Å². The fourth-order valence-electron chi connectivity index (χ4n) is 3.43. The van der Waals surface area contributed by atoms with Crippen LogP contribution in [0, 0.1) is 6.57 Å². The van der Waals surface area contributed by atoms with Crippen molar-refractivity contribution in [2.45, 2.75) is 44.4 Å². The standard InChI is InChI=1S/C16H19N2O6P/c1-16(2)15(24-25(20,21)22)14(18-8-4-5-13(18)19)11-9-10(17-3)6-7-12(11)23-16/h6-7,9,14-15H,4-5,8H2,1-2H3,(H2,20,21,22)/p-2/t14?,15-/m1/s1. The van der Waals surface area contributed by atoms with Crippen molar-refractivity contribution in [1.82, 2.24) is 4.90 Å². The number of amides is 1. The average Bonchev–Trinajstić information content (AvgIpc) is 2.92. The molecule has 0 spiro atoms. The van der Waals surface area contributed by atoms with Crippen LogP contribution >= 0.6 is 7.82 Å². The fourth-order valence-corrected chi connectivity index (χ4v) is 4.08. The molecule has 3 rings (SSSR count). The molecule has 1 fully saturated rings. The fraction of sp³-hybridized carbons (Fsp3) is 0.500. The summed E-state index contributed by atoms with van der Waals surface area (Å²) >= 11 is 0. The number of carbonyl (C=O) groups is 1. The molecule has 8 nitrogen and oxygen atoms in total. The molecule has 0 bridgehead atoms. The number of likely N-dealkylation sites (tertiary alicyclic amines) is 1. The van der Waals surface area contributed by atoms with Gasteiger partial charge in [0.15, 0.2) is 5.69 Å². The highest BCUT2D eigenvalue weighted by atomic mass is 31.2. The number of fused-ring (bicyclic) bond motifs is 1. The second kappa shape index (κ2) is 6.11. The van der Waals surface area contributed by atoms with Crippen LogP contribution < -0.4 is 14.5 Å². The van der Waals surface area contributed by atoms with Gasteiger partial charge < -0.3 is 28.5 Å². The maximum absolute atomic E-state index is 12.3. The van der Waals surface area contributed by atoms with Crippen LogP contribution in [-0.2, 0) is 13.9 Å². The summed E-state index contributed by atoms with van der Waals surface area (Å²) in [4.78, 5) is 39.8. The lowest BCUT2D eigenvalue weighted by atomic mass is 9.85. The summed E-state index contributed by atoms with van der Waals surface area (Å²) in [5.74, 6) is 0.288. The molecule has 1 aromatic rings. The zero-order chi connectivity index (χ0) is 18.4. The second-order valence-electron chi connectivity index (χ2n) is 6.65. The Labute approximate surface area is 145 Å². The largest absolute Gasteiger partial charge is 0.790 e. The molecule has 0 N–H and O–H groups in total. The van der Waals surface area contributed by atoms with Crippen molar-refractivity contribution in [1.29, 1.82) is 0 Å². The number of carbonyl (C=O) groups excluding carboxylic acids is 1. The third kappa shape index (κ3) is 3.42. The molecule has 0 saturated carbocycles. The molecule has 2 aliphatic rings. The zero-order valence-electron chi connectivity index (χ0n) is 13.8. The van der Waals surface area contributed by atoms with Crippen LogP contribution in [0.4, 0.5) is 5.69 Å². The van der Waals surface area contributed by atoms with Gasteiger partial charge in [-0.15, -0.1) is 0 Å². The molecule has 2 heterocycles. The van der Waals surface area contributed by atoms with E-state index in [1.807, 2.05) is 0 Å². The van der Waals surface area contributed by atoms with Crippen LogP contribution in [-0.4, -0.2) is 29.1 Å². The molecule has 2 atom stereocenters. The molecular formula is C16H17N2O6P-2. The van der Waals surface area contributed by atoms with Crippen LogP contribution in [0.5, 0.6) is 5.75 Å². The Hall–Kier alpha value is -1.91. The summed E-state index contributed by atoms with van der Waals surface area (Å²) in [5, 5.41) is 0. The van der Waals surface area contributed by atoms with Crippen LogP contribution in [0.1, 0.15) is 38.3 Å². The molecule has 0 radical (unpaired) electrons. The Bertz CT molecular complexity index is 796. The topological polar surface area (TPSA) is 106 Å². The van der Waals surface area contributed by atoms with Crippen molar-refractivity contribution in [3.8, 4) is 5.75 Å². The quantitative estimate of drug-likeness (QED) is 0.591. The molecule has 0 aromatic heterocycles.